The fourth-order valence-electron chi connectivity index (χ4n) is 4.31. The van der Waals surface area contributed by atoms with E-state index in [1.807, 2.05) is 0 Å². The zero-order valence-electron chi connectivity index (χ0n) is 17.3. The number of nitrogens with zero attached hydrogens (tertiary/aromatic N) is 3. The van der Waals surface area contributed by atoms with Crippen molar-refractivity contribution in [3.8, 4) is 0 Å². The molecule has 10 nitrogen and oxygen atoms in total. The third-order valence-electron chi connectivity index (χ3n) is 5.94. The summed E-state index contributed by atoms with van der Waals surface area (Å²) < 4.78 is 5.35. The quantitative estimate of drug-likeness (QED) is 0.525. The molecule has 3 amide bonds. The maximum atomic E-state index is 13.1. The first-order valence-corrected chi connectivity index (χ1v) is 10.8. The first-order chi connectivity index (χ1) is 14.5. The van der Waals surface area contributed by atoms with Gasteiger partial charge in [-0.2, -0.15) is 0 Å². The average Bonchev–Trinajstić information content (AvgIpc) is 2.75. The lowest BCUT2D eigenvalue weighted by atomic mass is 9.93. The summed E-state index contributed by atoms with van der Waals surface area (Å²) >= 11 is 0. The lowest BCUT2D eigenvalue weighted by Crippen LogP contribution is -2.55. The van der Waals surface area contributed by atoms with E-state index in [4.69, 9.17) is 9.84 Å². The van der Waals surface area contributed by atoms with Crippen LogP contribution in [0.1, 0.15) is 38.5 Å². The molecule has 2 aliphatic heterocycles. The maximum Gasteiger partial charge on any atom is 0.327 e. The molecule has 0 bridgehead atoms. The molecule has 0 radical (unpaired) electrons. The number of urea groups is 1. The maximum absolute atomic E-state index is 13.1. The van der Waals surface area contributed by atoms with Crippen molar-refractivity contribution >= 4 is 17.9 Å². The summed E-state index contributed by atoms with van der Waals surface area (Å²) in [5, 5.41) is 21.9. The van der Waals surface area contributed by atoms with E-state index < -0.39 is 18.4 Å². The zero-order valence-corrected chi connectivity index (χ0v) is 17.3. The third kappa shape index (κ3) is 5.63. The number of rotatable bonds is 8. The Hall–Kier alpha value is -2.33. The largest absolute Gasteiger partial charge is 0.494 e. The molecule has 1 aliphatic carbocycles. The first-order valence-electron chi connectivity index (χ1n) is 10.8. The van der Waals surface area contributed by atoms with Crippen LogP contribution in [0, 0.1) is 0 Å². The van der Waals surface area contributed by atoms with E-state index in [1.165, 1.54) is 4.90 Å². The number of aliphatic hydroxyl groups is 1. The number of aliphatic carboxylic acids is 1. The number of amides is 3. The molecule has 0 aromatic heterocycles. The minimum absolute atomic E-state index is 0.0253. The molecular formula is C20H32N4O6. The average molecular weight is 424 g/mol. The molecule has 0 unspecified atom stereocenters. The van der Waals surface area contributed by atoms with Gasteiger partial charge in [-0.3, -0.25) is 19.4 Å². The van der Waals surface area contributed by atoms with Crippen LogP contribution in [0.2, 0.25) is 0 Å². The summed E-state index contributed by atoms with van der Waals surface area (Å²) in [7, 11) is 0. The van der Waals surface area contributed by atoms with Crippen molar-refractivity contribution in [1.29, 1.82) is 0 Å². The van der Waals surface area contributed by atoms with Crippen LogP contribution in [-0.4, -0.2) is 101 Å². The monoisotopic (exact) mass is 424 g/mol. The second-order valence-electron chi connectivity index (χ2n) is 8.05. The summed E-state index contributed by atoms with van der Waals surface area (Å²) in [5.41, 5.74) is 0.0489. The molecule has 0 atom stereocenters. The van der Waals surface area contributed by atoms with Crippen LogP contribution >= 0.6 is 0 Å². The zero-order chi connectivity index (χ0) is 21.5. The Bertz CT molecular complexity index is 670. The van der Waals surface area contributed by atoms with E-state index in [1.54, 1.807) is 4.90 Å². The molecule has 1 saturated heterocycles. The van der Waals surface area contributed by atoms with E-state index in [-0.39, 0.29) is 30.1 Å². The molecule has 1 saturated carbocycles. The van der Waals surface area contributed by atoms with Gasteiger partial charge < -0.3 is 25.2 Å². The van der Waals surface area contributed by atoms with Crippen LogP contribution in [0.3, 0.4) is 0 Å². The number of carbonyl (C=O) groups excluding carboxylic acids is 2. The molecule has 3 aliphatic rings. The number of aliphatic hydroxyl groups excluding tert-OH is 1. The predicted octanol–water partition coefficient (Wildman–Crippen LogP) is 0.749. The first kappa shape index (κ1) is 22.4. The van der Waals surface area contributed by atoms with Crippen LogP contribution < -0.4 is 5.32 Å². The van der Waals surface area contributed by atoms with E-state index >= 15 is 0 Å². The smallest absolute Gasteiger partial charge is 0.327 e. The molecule has 2 fully saturated rings. The molecule has 0 aromatic carbocycles. The van der Waals surface area contributed by atoms with E-state index in [0.717, 1.165) is 58.2 Å². The number of ether oxygens (including phenoxy) is 1. The van der Waals surface area contributed by atoms with Crippen molar-refractivity contribution in [1.82, 2.24) is 20.0 Å². The molecule has 168 valence electrons. The topological polar surface area (TPSA) is 123 Å². The normalized spacial score (nSPS) is 21.8. The summed E-state index contributed by atoms with van der Waals surface area (Å²) in [5.74, 6) is -2.15. The van der Waals surface area contributed by atoms with Gasteiger partial charge in [0.05, 0.1) is 25.3 Å². The standard InChI is InChI=1S/C20H32N4O6/c25-17(26)13-21-18(27)16-14-23(8-4-7-22-9-11-30-12-10-22)20(29)24(19(16)28)15-5-2-1-3-6-15/h15,28H,1-14H2,(H,21,27)(H,25,26). The number of carboxylic acid groups (broad SMARTS) is 1. The Kier molecular flexibility index (Phi) is 7.92. The lowest BCUT2D eigenvalue weighted by molar-refractivity contribution is -0.137. The third-order valence-corrected chi connectivity index (χ3v) is 5.94. The van der Waals surface area contributed by atoms with Gasteiger partial charge in [0.15, 0.2) is 0 Å². The summed E-state index contributed by atoms with van der Waals surface area (Å²) in [4.78, 5) is 41.7. The van der Waals surface area contributed by atoms with Crippen molar-refractivity contribution in [2.45, 2.75) is 44.6 Å². The van der Waals surface area contributed by atoms with Crippen LogP contribution in [0.5, 0.6) is 0 Å². The molecule has 0 aromatic rings. The number of nitrogens with one attached hydrogen (secondary N) is 1. The van der Waals surface area contributed by atoms with Gasteiger partial charge in [-0.1, -0.05) is 19.3 Å². The van der Waals surface area contributed by atoms with Crippen molar-refractivity contribution in [2.75, 3.05) is 52.5 Å². The highest BCUT2D eigenvalue weighted by atomic mass is 16.5. The Balaban J connectivity index is 1.70. The molecule has 0 spiro atoms. The highest BCUT2D eigenvalue weighted by molar-refractivity contribution is 5.98. The lowest BCUT2D eigenvalue weighted by Gasteiger charge is -2.41. The summed E-state index contributed by atoms with van der Waals surface area (Å²) in [6, 6.07) is -0.424. The fourth-order valence-corrected chi connectivity index (χ4v) is 4.31. The van der Waals surface area contributed by atoms with Gasteiger partial charge >= 0.3 is 12.0 Å². The van der Waals surface area contributed by atoms with Crippen molar-refractivity contribution in [3.63, 3.8) is 0 Å². The molecule has 10 heteroatoms. The van der Waals surface area contributed by atoms with E-state index in [2.05, 4.69) is 10.2 Å². The SMILES string of the molecule is O=C(O)CNC(=O)C1=C(O)N(C2CCCCC2)C(=O)N(CCCN2CCOCC2)C1. The number of hydrogen-bond donors (Lipinski definition) is 3. The molecule has 30 heavy (non-hydrogen) atoms. The highest BCUT2D eigenvalue weighted by Gasteiger charge is 2.39. The van der Waals surface area contributed by atoms with Gasteiger partial charge in [-0.25, -0.2) is 4.79 Å². The van der Waals surface area contributed by atoms with Gasteiger partial charge in [0.25, 0.3) is 5.91 Å². The Morgan fingerprint density at radius 2 is 1.80 bits per heavy atom. The van der Waals surface area contributed by atoms with E-state index in [9.17, 15) is 19.5 Å². The number of carboxylic acids is 1. The van der Waals surface area contributed by atoms with Crippen molar-refractivity contribution in [2.24, 2.45) is 0 Å². The minimum atomic E-state index is -1.16. The van der Waals surface area contributed by atoms with Crippen LogP contribution in [0.15, 0.2) is 11.5 Å². The second-order valence-corrected chi connectivity index (χ2v) is 8.05. The van der Waals surface area contributed by atoms with Crippen molar-refractivity contribution < 1.29 is 29.3 Å². The number of carbonyl (C=O) groups is 3. The van der Waals surface area contributed by atoms with Crippen molar-refractivity contribution in [3.05, 3.63) is 11.5 Å². The Morgan fingerprint density at radius 1 is 1.10 bits per heavy atom. The molecule has 2 heterocycles. The van der Waals surface area contributed by atoms with Crippen LogP contribution in [0.25, 0.3) is 0 Å². The van der Waals surface area contributed by atoms with E-state index in [0.29, 0.717) is 19.8 Å². The Morgan fingerprint density at radius 3 is 2.47 bits per heavy atom. The minimum Gasteiger partial charge on any atom is -0.494 e. The summed E-state index contributed by atoms with van der Waals surface area (Å²) in [6.07, 6.45) is 5.34. The van der Waals surface area contributed by atoms with Gasteiger partial charge in [-0.15, -0.1) is 0 Å². The van der Waals surface area contributed by atoms with Gasteiger partial charge in [0.2, 0.25) is 5.88 Å². The van der Waals surface area contributed by atoms with Gasteiger partial charge in [0.1, 0.15) is 6.54 Å². The van der Waals surface area contributed by atoms with Crippen LogP contribution in [-0.2, 0) is 14.3 Å². The highest BCUT2D eigenvalue weighted by Crippen LogP contribution is 2.30. The second kappa shape index (κ2) is 10.6. The number of hydrogen-bond acceptors (Lipinski definition) is 6. The van der Waals surface area contributed by atoms with Gasteiger partial charge in [-0.05, 0) is 19.3 Å². The predicted molar refractivity (Wildman–Crippen MR) is 108 cm³/mol. The van der Waals surface area contributed by atoms with Gasteiger partial charge in [0, 0.05) is 32.2 Å². The summed E-state index contributed by atoms with van der Waals surface area (Å²) in [6.45, 7) is 3.88. The number of morpholine rings is 1. The Labute approximate surface area is 176 Å². The molecular weight excluding hydrogens is 392 g/mol. The van der Waals surface area contributed by atoms with Crippen LogP contribution in [0.4, 0.5) is 4.79 Å². The molecule has 3 rings (SSSR count). The fraction of sp³-hybridized carbons (Fsp3) is 0.750. The molecule has 3 N–H and O–H groups in total.